The van der Waals surface area contributed by atoms with Gasteiger partial charge in [0.2, 0.25) is 0 Å². The molecule has 1 amide bonds. The molecule has 1 heterocycles. The van der Waals surface area contributed by atoms with Crippen molar-refractivity contribution < 1.29 is 9.53 Å². The molecule has 1 aromatic heterocycles. The predicted molar refractivity (Wildman–Crippen MR) is 112 cm³/mol. The van der Waals surface area contributed by atoms with Crippen LogP contribution in [0.4, 0.5) is 0 Å². The third-order valence-electron chi connectivity index (χ3n) is 4.93. The summed E-state index contributed by atoms with van der Waals surface area (Å²) in [5.41, 5.74) is 4.15. The molecule has 0 saturated heterocycles. The molecule has 0 saturated carbocycles. The largest absolute Gasteiger partial charge is 0.497 e. The Morgan fingerprint density at radius 1 is 1.03 bits per heavy atom. The lowest BCUT2D eigenvalue weighted by atomic mass is 9.98. The number of hydrogen-bond acceptors (Lipinski definition) is 4. The molecule has 0 fully saturated rings. The maximum absolute atomic E-state index is 13.1. The van der Waals surface area contributed by atoms with Crippen molar-refractivity contribution in [2.75, 3.05) is 7.11 Å². The Morgan fingerprint density at radius 3 is 2.45 bits per heavy atom. The molecule has 0 bridgehead atoms. The second-order valence-corrected chi connectivity index (χ2v) is 6.70. The second kappa shape index (κ2) is 8.14. The zero-order chi connectivity index (χ0) is 20.2. The standard InChI is InChI=1S/C23H22N4O2/c1-3-27-21-14-11-18(15-20(21)25-26-27)23(28)24-22(16-7-5-4-6-8-16)17-9-12-19(29-2)13-10-17/h4-15,22H,3H2,1-2H3,(H,24,28). The Hall–Kier alpha value is -3.67. The van der Waals surface area contributed by atoms with Gasteiger partial charge in [0.1, 0.15) is 11.3 Å². The third-order valence-corrected chi connectivity index (χ3v) is 4.93. The van der Waals surface area contributed by atoms with Crippen LogP contribution in [0.3, 0.4) is 0 Å². The summed E-state index contributed by atoms with van der Waals surface area (Å²) in [7, 11) is 1.64. The molecule has 1 unspecified atom stereocenters. The van der Waals surface area contributed by atoms with E-state index < -0.39 is 0 Å². The summed E-state index contributed by atoms with van der Waals surface area (Å²) >= 11 is 0. The molecule has 0 aliphatic carbocycles. The lowest BCUT2D eigenvalue weighted by molar-refractivity contribution is 0.0943. The van der Waals surface area contributed by atoms with Gasteiger partial charge in [-0.25, -0.2) is 4.68 Å². The average Bonchev–Trinajstić information content (AvgIpc) is 3.20. The number of nitrogens with zero attached hydrogens (tertiary/aromatic N) is 3. The molecule has 29 heavy (non-hydrogen) atoms. The zero-order valence-electron chi connectivity index (χ0n) is 16.4. The van der Waals surface area contributed by atoms with Crippen LogP contribution < -0.4 is 10.1 Å². The summed E-state index contributed by atoms with van der Waals surface area (Å²) in [6.45, 7) is 2.74. The van der Waals surface area contributed by atoms with Gasteiger partial charge in [-0.1, -0.05) is 47.7 Å². The van der Waals surface area contributed by atoms with Gasteiger partial charge in [0.25, 0.3) is 5.91 Å². The van der Waals surface area contributed by atoms with Gasteiger partial charge >= 0.3 is 0 Å². The van der Waals surface area contributed by atoms with Gasteiger partial charge in [-0.2, -0.15) is 0 Å². The highest BCUT2D eigenvalue weighted by molar-refractivity contribution is 5.97. The number of carbonyl (C=O) groups excluding carboxylic acids is 1. The Bertz CT molecular complexity index is 1120. The first kappa shape index (κ1) is 18.7. The van der Waals surface area contributed by atoms with Gasteiger partial charge in [0.15, 0.2) is 0 Å². The lowest BCUT2D eigenvalue weighted by Gasteiger charge is -2.20. The van der Waals surface area contributed by atoms with E-state index in [1.165, 1.54) is 0 Å². The zero-order valence-corrected chi connectivity index (χ0v) is 16.4. The number of methoxy groups -OCH3 is 1. The van der Waals surface area contributed by atoms with E-state index in [4.69, 9.17) is 4.74 Å². The smallest absolute Gasteiger partial charge is 0.252 e. The molecule has 4 rings (SSSR count). The Kier molecular flexibility index (Phi) is 5.24. The molecule has 0 aliphatic rings. The van der Waals surface area contributed by atoms with Crippen LogP contribution in [0.2, 0.25) is 0 Å². The number of fused-ring (bicyclic) bond motifs is 1. The molecule has 6 nitrogen and oxygen atoms in total. The van der Waals surface area contributed by atoms with Crippen molar-refractivity contribution in [3.05, 3.63) is 89.5 Å². The highest BCUT2D eigenvalue weighted by Crippen LogP contribution is 2.25. The average molecular weight is 386 g/mol. The fourth-order valence-corrected chi connectivity index (χ4v) is 3.36. The highest BCUT2D eigenvalue weighted by Gasteiger charge is 2.19. The van der Waals surface area contributed by atoms with Crippen LogP contribution in [0.15, 0.2) is 72.8 Å². The van der Waals surface area contributed by atoms with Crippen LogP contribution in [-0.4, -0.2) is 28.0 Å². The van der Waals surface area contributed by atoms with Gasteiger partial charge in [-0.3, -0.25) is 4.79 Å². The fourth-order valence-electron chi connectivity index (χ4n) is 3.36. The van der Waals surface area contributed by atoms with Gasteiger partial charge in [0, 0.05) is 12.1 Å². The van der Waals surface area contributed by atoms with Crippen molar-refractivity contribution in [3.63, 3.8) is 0 Å². The van der Waals surface area contributed by atoms with Crippen LogP contribution in [0.25, 0.3) is 11.0 Å². The minimum atomic E-state index is -0.281. The SMILES string of the molecule is CCn1nnc2cc(C(=O)NC(c3ccccc3)c3ccc(OC)cc3)ccc21. The predicted octanol–water partition coefficient (Wildman–Crippen LogP) is 3.98. The van der Waals surface area contributed by atoms with E-state index in [1.807, 2.05) is 73.7 Å². The van der Waals surface area contributed by atoms with E-state index in [-0.39, 0.29) is 11.9 Å². The topological polar surface area (TPSA) is 69.0 Å². The number of nitrogens with one attached hydrogen (secondary N) is 1. The summed E-state index contributed by atoms with van der Waals surface area (Å²) in [4.78, 5) is 13.1. The molecular formula is C23H22N4O2. The molecule has 0 spiro atoms. The number of carbonyl (C=O) groups is 1. The summed E-state index contributed by atoms with van der Waals surface area (Å²) < 4.78 is 7.06. The number of hydrogen-bond donors (Lipinski definition) is 1. The minimum absolute atomic E-state index is 0.164. The highest BCUT2D eigenvalue weighted by atomic mass is 16.5. The molecule has 3 aromatic carbocycles. The Morgan fingerprint density at radius 2 is 1.76 bits per heavy atom. The number of ether oxygens (including phenoxy) is 1. The normalized spacial score (nSPS) is 11.9. The Balaban J connectivity index is 1.65. The molecule has 4 aromatic rings. The molecule has 146 valence electrons. The monoisotopic (exact) mass is 386 g/mol. The van der Waals surface area contributed by atoms with E-state index in [0.717, 1.165) is 28.9 Å². The maximum atomic E-state index is 13.1. The van der Waals surface area contributed by atoms with Gasteiger partial charge in [0.05, 0.1) is 18.7 Å². The van der Waals surface area contributed by atoms with Crippen molar-refractivity contribution in [1.82, 2.24) is 20.3 Å². The van der Waals surface area contributed by atoms with Crippen molar-refractivity contribution in [2.24, 2.45) is 0 Å². The number of aromatic nitrogens is 3. The summed E-state index contributed by atoms with van der Waals surface area (Å²) in [6.07, 6.45) is 0. The molecule has 1 atom stereocenters. The van der Waals surface area contributed by atoms with E-state index in [0.29, 0.717) is 11.1 Å². The first-order valence-electron chi connectivity index (χ1n) is 9.52. The minimum Gasteiger partial charge on any atom is -0.497 e. The maximum Gasteiger partial charge on any atom is 0.252 e. The van der Waals surface area contributed by atoms with E-state index in [2.05, 4.69) is 15.6 Å². The van der Waals surface area contributed by atoms with E-state index in [9.17, 15) is 4.79 Å². The van der Waals surface area contributed by atoms with Crippen molar-refractivity contribution in [1.29, 1.82) is 0 Å². The fraction of sp³-hybridized carbons (Fsp3) is 0.174. The first-order valence-corrected chi connectivity index (χ1v) is 9.52. The summed E-state index contributed by atoms with van der Waals surface area (Å²) in [6, 6.07) is 22.8. The van der Waals surface area contributed by atoms with Crippen LogP contribution in [-0.2, 0) is 6.54 Å². The van der Waals surface area contributed by atoms with E-state index >= 15 is 0 Å². The van der Waals surface area contributed by atoms with E-state index in [1.54, 1.807) is 17.9 Å². The summed E-state index contributed by atoms with van der Waals surface area (Å²) in [5.74, 6) is 0.610. The second-order valence-electron chi connectivity index (χ2n) is 6.70. The van der Waals surface area contributed by atoms with Crippen LogP contribution >= 0.6 is 0 Å². The third kappa shape index (κ3) is 3.82. The van der Waals surface area contributed by atoms with Crippen molar-refractivity contribution in [3.8, 4) is 5.75 Å². The number of aryl methyl sites for hydroxylation is 1. The number of rotatable bonds is 6. The molecule has 0 radical (unpaired) electrons. The number of amides is 1. The molecule has 0 aliphatic heterocycles. The summed E-state index contributed by atoms with van der Waals surface area (Å²) in [5, 5.41) is 11.4. The quantitative estimate of drug-likeness (QED) is 0.544. The van der Waals surface area contributed by atoms with Crippen molar-refractivity contribution >= 4 is 16.9 Å². The molecule has 6 heteroatoms. The van der Waals surface area contributed by atoms with Crippen molar-refractivity contribution in [2.45, 2.75) is 19.5 Å². The Labute approximate surface area is 169 Å². The van der Waals surface area contributed by atoms with Gasteiger partial charge in [-0.15, -0.1) is 5.10 Å². The van der Waals surface area contributed by atoms with Crippen LogP contribution in [0.5, 0.6) is 5.75 Å². The molecule has 1 N–H and O–H groups in total. The lowest BCUT2D eigenvalue weighted by Crippen LogP contribution is -2.29. The van der Waals surface area contributed by atoms with Gasteiger partial charge < -0.3 is 10.1 Å². The van der Waals surface area contributed by atoms with Crippen LogP contribution in [0.1, 0.15) is 34.5 Å². The molecular weight excluding hydrogens is 364 g/mol. The first-order chi connectivity index (χ1) is 14.2. The van der Waals surface area contributed by atoms with Crippen LogP contribution in [0, 0.1) is 0 Å². The van der Waals surface area contributed by atoms with Gasteiger partial charge in [-0.05, 0) is 48.4 Å². The number of benzene rings is 3.